The molecule has 0 aliphatic rings. The van der Waals surface area contributed by atoms with Gasteiger partial charge in [-0.25, -0.2) is 13.6 Å². The van der Waals surface area contributed by atoms with Gasteiger partial charge < -0.3 is 4.74 Å². The second-order valence-electron chi connectivity index (χ2n) is 7.99. The van der Waals surface area contributed by atoms with E-state index in [4.69, 9.17) is 4.74 Å². The molecule has 4 aromatic rings. The number of carbonyl (C=O) groups is 1. The third kappa shape index (κ3) is 5.15. The van der Waals surface area contributed by atoms with E-state index in [1.807, 2.05) is 48.5 Å². The van der Waals surface area contributed by atoms with Crippen molar-refractivity contribution >= 4 is 16.9 Å². The van der Waals surface area contributed by atoms with Crippen LogP contribution in [0.1, 0.15) is 29.8 Å². The zero-order valence-corrected chi connectivity index (χ0v) is 19.1. The molecule has 0 bridgehead atoms. The predicted molar refractivity (Wildman–Crippen MR) is 126 cm³/mol. The van der Waals surface area contributed by atoms with E-state index in [9.17, 15) is 13.6 Å². The van der Waals surface area contributed by atoms with E-state index < -0.39 is 23.2 Å². The number of carbonyl (C=O) groups excluding carboxylic acids is 1. The minimum atomic E-state index is -1.12. The molecule has 33 heavy (non-hydrogen) atoms. The van der Waals surface area contributed by atoms with E-state index in [2.05, 4.69) is 24.3 Å². The third-order valence-corrected chi connectivity index (χ3v) is 7.48. The second kappa shape index (κ2) is 9.59. The molecular formula is C28H23F2O2S+. The maximum atomic E-state index is 13.7. The highest BCUT2D eigenvalue weighted by Gasteiger charge is 2.30. The molecule has 0 heterocycles. The Morgan fingerprint density at radius 1 is 0.697 bits per heavy atom. The maximum absolute atomic E-state index is 13.7. The van der Waals surface area contributed by atoms with Crippen molar-refractivity contribution in [2.75, 3.05) is 0 Å². The number of ether oxygens (including phenoxy) is 1. The lowest BCUT2D eigenvalue weighted by Gasteiger charge is -2.25. The van der Waals surface area contributed by atoms with Crippen LogP contribution in [-0.2, 0) is 21.2 Å². The molecule has 4 rings (SSSR count). The molecule has 4 aromatic carbocycles. The van der Waals surface area contributed by atoms with E-state index in [1.54, 1.807) is 26.0 Å². The van der Waals surface area contributed by atoms with Gasteiger partial charge in [-0.2, -0.15) is 0 Å². The lowest BCUT2D eigenvalue weighted by Crippen LogP contribution is -2.26. The van der Waals surface area contributed by atoms with Gasteiger partial charge in [-0.05, 0) is 80.1 Å². The van der Waals surface area contributed by atoms with Crippen molar-refractivity contribution in [3.05, 3.63) is 126 Å². The lowest BCUT2D eigenvalue weighted by atomic mass is 9.97. The number of esters is 1. The van der Waals surface area contributed by atoms with Crippen LogP contribution < -0.4 is 0 Å². The first-order valence-corrected chi connectivity index (χ1v) is 11.7. The Balaban J connectivity index is 1.59. The van der Waals surface area contributed by atoms with Gasteiger partial charge in [0.15, 0.2) is 26.3 Å². The van der Waals surface area contributed by atoms with Crippen molar-refractivity contribution in [1.29, 1.82) is 0 Å². The first-order chi connectivity index (χ1) is 15.8. The Hall–Kier alpha value is -3.44. The molecule has 0 amide bonds. The zero-order valence-electron chi connectivity index (χ0n) is 18.3. The standard InChI is InChI=1S/C28H23F2O2S/c1-28(2,21-15-18-25(29)26(30)19-21)32-27(31)20-13-16-24(17-14-20)33(22-9-5-3-6-10-22)23-11-7-4-8-12-23/h3-19H,1-2H3/q+1. The summed E-state index contributed by atoms with van der Waals surface area (Å²) < 4.78 is 32.6. The molecule has 0 saturated carbocycles. The van der Waals surface area contributed by atoms with E-state index >= 15 is 0 Å². The van der Waals surface area contributed by atoms with Crippen LogP contribution in [0, 0.1) is 11.6 Å². The van der Waals surface area contributed by atoms with E-state index in [0.29, 0.717) is 11.1 Å². The Bertz CT molecular complexity index is 1200. The average molecular weight is 462 g/mol. The summed E-state index contributed by atoms with van der Waals surface area (Å²) in [5.74, 6) is -2.45. The highest BCUT2D eigenvalue weighted by molar-refractivity contribution is 7.97. The van der Waals surface area contributed by atoms with Crippen molar-refractivity contribution in [2.24, 2.45) is 0 Å². The smallest absolute Gasteiger partial charge is 0.338 e. The molecule has 0 spiro atoms. The molecule has 0 radical (unpaired) electrons. The van der Waals surface area contributed by atoms with Crippen LogP contribution >= 0.6 is 0 Å². The van der Waals surface area contributed by atoms with Gasteiger partial charge in [0.05, 0.1) is 16.5 Å². The van der Waals surface area contributed by atoms with Crippen molar-refractivity contribution in [2.45, 2.75) is 34.1 Å². The first kappa shape index (κ1) is 22.7. The molecule has 0 atom stereocenters. The summed E-state index contributed by atoms with van der Waals surface area (Å²) in [6, 6.07) is 31.3. The van der Waals surface area contributed by atoms with Crippen molar-refractivity contribution in [1.82, 2.24) is 0 Å². The third-order valence-electron chi connectivity index (χ3n) is 5.25. The minimum Gasteiger partial charge on any atom is -0.451 e. The van der Waals surface area contributed by atoms with Gasteiger partial charge in [-0.3, -0.25) is 0 Å². The Labute approximate surface area is 195 Å². The van der Waals surface area contributed by atoms with E-state index in [0.717, 1.165) is 17.0 Å². The SMILES string of the molecule is CC(C)(OC(=O)c1ccc([S+](c2ccccc2)c2ccccc2)cc1)c1ccc(F)c(F)c1. The molecule has 0 fully saturated rings. The molecule has 0 unspecified atom stereocenters. The van der Waals surface area contributed by atoms with Gasteiger partial charge in [0.2, 0.25) is 0 Å². The molecule has 0 aromatic heterocycles. The predicted octanol–water partition coefficient (Wildman–Crippen LogP) is 7.15. The van der Waals surface area contributed by atoms with Gasteiger partial charge >= 0.3 is 5.97 Å². The number of benzene rings is 4. The molecule has 166 valence electrons. The molecule has 0 aliphatic heterocycles. The highest BCUT2D eigenvalue weighted by Crippen LogP contribution is 2.32. The van der Waals surface area contributed by atoms with Gasteiger partial charge in [0, 0.05) is 0 Å². The zero-order chi connectivity index (χ0) is 23.4. The first-order valence-electron chi connectivity index (χ1n) is 10.5. The number of rotatable bonds is 6. The normalized spacial score (nSPS) is 11.4. The number of halogens is 2. The topological polar surface area (TPSA) is 26.3 Å². The minimum absolute atomic E-state index is 0.319. The van der Waals surface area contributed by atoms with Crippen LogP contribution in [0.25, 0.3) is 0 Å². The second-order valence-corrected chi connectivity index (χ2v) is 10.0. The molecule has 5 heteroatoms. The molecule has 0 N–H and O–H groups in total. The fourth-order valence-corrected chi connectivity index (χ4v) is 5.55. The summed E-state index contributed by atoms with van der Waals surface area (Å²) in [6.45, 7) is 3.29. The van der Waals surface area contributed by atoms with Crippen LogP contribution in [0.15, 0.2) is 118 Å². The van der Waals surface area contributed by atoms with Crippen LogP contribution in [0.3, 0.4) is 0 Å². The van der Waals surface area contributed by atoms with Crippen molar-refractivity contribution < 1.29 is 18.3 Å². The van der Waals surface area contributed by atoms with Gasteiger partial charge in [0.1, 0.15) is 5.60 Å². The molecule has 2 nitrogen and oxygen atoms in total. The Kier molecular flexibility index (Phi) is 6.61. The van der Waals surface area contributed by atoms with Gasteiger partial charge in [-0.15, -0.1) is 0 Å². The van der Waals surface area contributed by atoms with Crippen LogP contribution in [0.5, 0.6) is 0 Å². The summed E-state index contributed by atoms with van der Waals surface area (Å²) in [6.07, 6.45) is 0. The summed E-state index contributed by atoms with van der Waals surface area (Å²) in [4.78, 5) is 16.3. The quantitative estimate of drug-likeness (QED) is 0.225. The number of hydrogen-bond acceptors (Lipinski definition) is 2. The molecular weight excluding hydrogens is 438 g/mol. The van der Waals surface area contributed by atoms with Crippen LogP contribution in [-0.4, -0.2) is 5.97 Å². The Morgan fingerprint density at radius 3 is 1.73 bits per heavy atom. The average Bonchev–Trinajstić information content (AvgIpc) is 2.82. The van der Waals surface area contributed by atoms with E-state index in [1.165, 1.54) is 15.9 Å². The highest BCUT2D eigenvalue weighted by atomic mass is 32.2. The fourth-order valence-electron chi connectivity index (χ4n) is 3.47. The summed E-state index contributed by atoms with van der Waals surface area (Å²) in [7, 11) is -0.319. The van der Waals surface area contributed by atoms with Gasteiger partial charge in [-0.1, -0.05) is 42.5 Å². The van der Waals surface area contributed by atoms with Gasteiger partial charge in [0.25, 0.3) is 0 Å². The van der Waals surface area contributed by atoms with E-state index in [-0.39, 0.29) is 10.9 Å². The molecule has 0 saturated heterocycles. The molecule has 0 aliphatic carbocycles. The Morgan fingerprint density at radius 2 is 1.21 bits per heavy atom. The van der Waals surface area contributed by atoms with Crippen LogP contribution in [0.2, 0.25) is 0 Å². The van der Waals surface area contributed by atoms with Crippen LogP contribution in [0.4, 0.5) is 8.78 Å². The maximum Gasteiger partial charge on any atom is 0.338 e. The number of hydrogen-bond donors (Lipinski definition) is 0. The fraction of sp³-hybridized carbons (Fsp3) is 0.107. The van der Waals surface area contributed by atoms with Crippen molar-refractivity contribution in [3.8, 4) is 0 Å². The van der Waals surface area contributed by atoms with Crippen molar-refractivity contribution in [3.63, 3.8) is 0 Å². The summed E-state index contributed by atoms with van der Waals surface area (Å²) >= 11 is 0. The summed E-state index contributed by atoms with van der Waals surface area (Å²) in [5.41, 5.74) is -0.358. The summed E-state index contributed by atoms with van der Waals surface area (Å²) in [5, 5.41) is 0. The largest absolute Gasteiger partial charge is 0.451 e. The monoisotopic (exact) mass is 461 g/mol. The lowest BCUT2D eigenvalue weighted by molar-refractivity contribution is -0.00329.